The number of likely N-dealkylation sites (tertiary alicyclic amines) is 1. The summed E-state index contributed by atoms with van der Waals surface area (Å²) in [6.07, 6.45) is 6.09. The fraction of sp³-hybridized carbons (Fsp3) is 0.545. The van der Waals surface area contributed by atoms with Crippen molar-refractivity contribution in [3.63, 3.8) is 0 Å². The zero-order valence-corrected chi connectivity index (χ0v) is 17.9. The molecule has 1 aliphatic rings. The van der Waals surface area contributed by atoms with Gasteiger partial charge in [0, 0.05) is 57.9 Å². The number of H-pyrrole nitrogens is 1. The maximum absolute atomic E-state index is 12.3. The predicted molar refractivity (Wildman–Crippen MR) is 119 cm³/mol. The number of likely N-dealkylation sites (N-methyl/N-ethyl adjacent to an activating group) is 1. The second kappa shape index (κ2) is 10.3. The van der Waals surface area contributed by atoms with E-state index in [9.17, 15) is 4.79 Å². The number of nitrogens with one attached hydrogen (secondary N) is 3. The van der Waals surface area contributed by atoms with Crippen LogP contribution in [0.3, 0.4) is 0 Å². The number of carbonyl (C=O) groups excluding carboxylic acids is 1. The SMILES string of the molecule is CN=C(NCCCN1CCCC1C(=O)N(C)C)NCCc1c[nH]c2ccccc12. The number of fused-ring (bicyclic) bond motifs is 1. The Hall–Kier alpha value is -2.54. The van der Waals surface area contributed by atoms with Crippen LogP contribution in [-0.4, -0.2) is 80.0 Å². The first-order valence-corrected chi connectivity index (χ1v) is 10.5. The lowest BCUT2D eigenvalue weighted by molar-refractivity contribution is -0.133. The van der Waals surface area contributed by atoms with Crippen molar-refractivity contribution >= 4 is 22.8 Å². The van der Waals surface area contributed by atoms with Gasteiger partial charge in [-0.25, -0.2) is 0 Å². The quantitative estimate of drug-likeness (QED) is 0.360. The van der Waals surface area contributed by atoms with Crippen molar-refractivity contribution in [2.45, 2.75) is 31.7 Å². The molecule has 1 aromatic heterocycles. The molecule has 0 bridgehead atoms. The number of aromatic nitrogens is 1. The minimum atomic E-state index is 0.0543. The molecular formula is C22H34N6O. The number of aromatic amines is 1. The fourth-order valence-electron chi connectivity index (χ4n) is 4.04. The first-order valence-electron chi connectivity index (χ1n) is 10.5. The lowest BCUT2D eigenvalue weighted by Gasteiger charge is -2.26. The molecule has 1 atom stereocenters. The van der Waals surface area contributed by atoms with Crippen molar-refractivity contribution in [3.05, 3.63) is 36.0 Å². The highest BCUT2D eigenvalue weighted by Gasteiger charge is 2.30. The smallest absolute Gasteiger partial charge is 0.239 e. The van der Waals surface area contributed by atoms with Gasteiger partial charge in [0.2, 0.25) is 5.91 Å². The summed E-state index contributed by atoms with van der Waals surface area (Å²) in [6, 6.07) is 8.43. The first-order chi connectivity index (χ1) is 14.1. The Morgan fingerprint density at radius 1 is 1.28 bits per heavy atom. The molecule has 1 unspecified atom stereocenters. The maximum atomic E-state index is 12.3. The highest BCUT2D eigenvalue weighted by molar-refractivity contribution is 5.83. The molecule has 29 heavy (non-hydrogen) atoms. The van der Waals surface area contributed by atoms with Crippen molar-refractivity contribution in [1.82, 2.24) is 25.4 Å². The second-order valence-electron chi connectivity index (χ2n) is 7.82. The first kappa shape index (κ1) is 21.2. The van der Waals surface area contributed by atoms with Crippen molar-refractivity contribution in [2.75, 3.05) is 47.3 Å². The molecule has 1 saturated heterocycles. The second-order valence-corrected chi connectivity index (χ2v) is 7.82. The van der Waals surface area contributed by atoms with E-state index >= 15 is 0 Å². The van der Waals surface area contributed by atoms with E-state index < -0.39 is 0 Å². The molecule has 158 valence electrons. The molecule has 0 radical (unpaired) electrons. The Balaban J connectivity index is 1.37. The molecule has 7 nitrogen and oxygen atoms in total. The van der Waals surface area contributed by atoms with Gasteiger partial charge in [-0.1, -0.05) is 18.2 Å². The number of rotatable bonds is 8. The molecule has 0 aliphatic carbocycles. The van der Waals surface area contributed by atoms with E-state index in [0.717, 1.165) is 57.8 Å². The molecule has 0 spiro atoms. The van der Waals surface area contributed by atoms with Gasteiger partial charge in [-0.05, 0) is 43.9 Å². The number of hydrogen-bond acceptors (Lipinski definition) is 3. The number of carbonyl (C=O) groups is 1. The number of guanidine groups is 1. The summed E-state index contributed by atoms with van der Waals surface area (Å²) < 4.78 is 0. The van der Waals surface area contributed by atoms with Gasteiger partial charge in [-0.2, -0.15) is 0 Å². The Morgan fingerprint density at radius 3 is 2.86 bits per heavy atom. The third kappa shape index (κ3) is 5.50. The van der Waals surface area contributed by atoms with Gasteiger partial charge in [0.15, 0.2) is 5.96 Å². The van der Waals surface area contributed by atoms with Gasteiger partial charge in [0.1, 0.15) is 0 Å². The summed E-state index contributed by atoms with van der Waals surface area (Å²) in [6.45, 7) is 3.62. The number of benzene rings is 1. The molecule has 1 amide bonds. The van der Waals surface area contributed by atoms with Crippen LogP contribution in [0.5, 0.6) is 0 Å². The van der Waals surface area contributed by atoms with Crippen LogP contribution in [0.1, 0.15) is 24.8 Å². The molecule has 7 heteroatoms. The van der Waals surface area contributed by atoms with Gasteiger partial charge >= 0.3 is 0 Å². The number of nitrogens with zero attached hydrogens (tertiary/aromatic N) is 3. The highest BCUT2D eigenvalue weighted by atomic mass is 16.2. The van der Waals surface area contributed by atoms with Crippen LogP contribution in [0.2, 0.25) is 0 Å². The molecule has 1 aliphatic heterocycles. The molecule has 0 saturated carbocycles. The Morgan fingerprint density at radius 2 is 2.07 bits per heavy atom. The normalized spacial score (nSPS) is 17.6. The van der Waals surface area contributed by atoms with Crippen LogP contribution < -0.4 is 10.6 Å². The van der Waals surface area contributed by atoms with Crippen LogP contribution in [0.25, 0.3) is 10.9 Å². The monoisotopic (exact) mass is 398 g/mol. The third-order valence-electron chi connectivity index (χ3n) is 5.59. The number of hydrogen-bond donors (Lipinski definition) is 3. The number of amides is 1. The van der Waals surface area contributed by atoms with Crippen LogP contribution in [-0.2, 0) is 11.2 Å². The zero-order chi connectivity index (χ0) is 20.6. The van der Waals surface area contributed by atoms with Crippen LogP contribution >= 0.6 is 0 Å². The van der Waals surface area contributed by atoms with E-state index in [1.165, 1.54) is 16.5 Å². The van der Waals surface area contributed by atoms with Crippen molar-refractivity contribution in [3.8, 4) is 0 Å². The van der Waals surface area contributed by atoms with Gasteiger partial charge in [0.05, 0.1) is 6.04 Å². The van der Waals surface area contributed by atoms with E-state index in [2.05, 4.69) is 49.9 Å². The van der Waals surface area contributed by atoms with Crippen molar-refractivity contribution in [1.29, 1.82) is 0 Å². The van der Waals surface area contributed by atoms with Crippen LogP contribution in [0, 0.1) is 0 Å². The van der Waals surface area contributed by atoms with Gasteiger partial charge < -0.3 is 20.5 Å². The topological polar surface area (TPSA) is 75.8 Å². The Labute approximate surface area is 173 Å². The number of para-hydroxylation sites is 1. The Bertz CT molecular complexity index is 828. The zero-order valence-electron chi connectivity index (χ0n) is 17.9. The van der Waals surface area contributed by atoms with Crippen LogP contribution in [0.4, 0.5) is 0 Å². The lowest BCUT2D eigenvalue weighted by Crippen LogP contribution is -2.44. The summed E-state index contributed by atoms with van der Waals surface area (Å²) >= 11 is 0. The summed E-state index contributed by atoms with van der Waals surface area (Å²) in [5.41, 5.74) is 2.49. The molecule has 2 aromatic rings. The minimum absolute atomic E-state index is 0.0543. The van der Waals surface area contributed by atoms with E-state index in [1.807, 2.05) is 20.2 Å². The molecule has 3 N–H and O–H groups in total. The maximum Gasteiger partial charge on any atom is 0.239 e. The van der Waals surface area contributed by atoms with E-state index in [1.54, 1.807) is 11.9 Å². The molecular weight excluding hydrogens is 364 g/mol. The Kier molecular flexibility index (Phi) is 7.52. The molecule has 3 rings (SSSR count). The molecule has 1 aromatic carbocycles. The van der Waals surface area contributed by atoms with E-state index in [4.69, 9.17) is 0 Å². The summed E-state index contributed by atoms with van der Waals surface area (Å²) in [4.78, 5) is 23.9. The third-order valence-corrected chi connectivity index (χ3v) is 5.59. The molecule has 1 fully saturated rings. The largest absolute Gasteiger partial charge is 0.361 e. The average Bonchev–Trinajstić information content (AvgIpc) is 3.36. The lowest BCUT2D eigenvalue weighted by atomic mass is 10.1. The number of aliphatic imine (C=N–C) groups is 1. The summed E-state index contributed by atoms with van der Waals surface area (Å²) in [5, 5.41) is 8.06. The summed E-state index contributed by atoms with van der Waals surface area (Å²) in [7, 11) is 5.48. The van der Waals surface area contributed by atoms with Crippen molar-refractivity contribution < 1.29 is 4.79 Å². The predicted octanol–water partition coefficient (Wildman–Crippen LogP) is 1.82. The fourth-order valence-corrected chi connectivity index (χ4v) is 4.04. The molecule has 2 heterocycles. The summed E-state index contributed by atoms with van der Waals surface area (Å²) in [5.74, 6) is 1.05. The standard InChI is InChI=1S/C22H34N6O/c1-23-22(25-13-11-17-16-26-19-9-5-4-8-18(17)19)24-12-7-15-28-14-6-10-20(28)21(29)27(2)3/h4-5,8-9,16,20,26H,6-7,10-15H2,1-3H3,(H2,23,24,25). The van der Waals surface area contributed by atoms with Crippen LogP contribution in [0.15, 0.2) is 35.5 Å². The highest BCUT2D eigenvalue weighted by Crippen LogP contribution is 2.19. The average molecular weight is 399 g/mol. The van der Waals surface area contributed by atoms with Gasteiger partial charge in [-0.15, -0.1) is 0 Å². The van der Waals surface area contributed by atoms with Crippen molar-refractivity contribution in [2.24, 2.45) is 4.99 Å². The van der Waals surface area contributed by atoms with E-state index in [-0.39, 0.29) is 11.9 Å². The van der Waals surface area contributed by atoms with Gasteiger partial charge in [-0.3, -0.25) is 14.7 Å². The minimum Gasteiger partial charge on any atom is -0.361 e. The van der Waals surface area contributed by atoms with E-state index in [0.29, 0.717) is 0 Å². The van der Waals surface area contributed by atoms with Gasteiger partial charge in [0.25, 0.3) is 0 Å².